The van der Waals surface area contributed by atoms with Gasteiger partial charge in [0.2, 0.25) is 29.5 Å². The van der Waals surface area contributed by atoms with Crippen molar-refractivity contribution in [1.82, 2.24) is 26.6 Å². The summed E-state index contributed by atoms with van der Waals surface area (Å²) >= 11 is 0. The molecule has 0 aromatic carbocycles. The van der Waals surface area contributed by atoms with Crippen molar-refractivity contribution in [3.05, 3.63) is 0 Å². The van der Waals surface area contributed by atoms with Gasteiger partial charge in [-0.2, -0.15) is 0 Å². The Balaban J connectivity index is 5.59. The van der Waals surface area contributed by atoms with Crippen LogP contribution in [0.3, 0.4) is 0 Å². The maximum atomic E-state index is 13.4. The number of unbranched alkanes of at least 4 members (excludes halogenated alkanes) is 3. The van der Waals surface area contributed by atoms with Gasteiger partial charge in [0.05, 0.1) is 6.61 Å². The number of aliphatic carboxylic acids is 1. The highest BCUT2D eigenvalue weighted by Crippen LogP contribution is 2.08. The monoisotopic (exact) mass is 631 g/mol. The van der Waals surface area contributed by atoms with Gasteiger partial charge in [-0.3, -0.25) is 24.0 Å². The lowest BCUT2D eigenvalue weighted by molar-refractivity contribution is -0.142. The summed E-state index contributed by atoms with van der Waals surface area (Å²) in [5.74, 6) is -4.72. The molecule has 0 aromatic rings. The fourth-order valence-electron chi connectivity index (χ4n) is 3.99. The van der Waals surface area contributed by atoms with Gasteiger partial charge in [-0.05, 0) is 91.3 Å². The van der Waals surface area contributed by atoms with Crippen molar-refractivity contribution < 1.29 is 39.0 Å². The third-order valence-electron chi connectivity index (χ3n) is 6.76. The van der Waals surface area contributed by atoms with Crippen molar-refractivity contribution in [2.75, 3.05) is 26.2 Å². The van der Waals surface area contributed by atoms with Crippen LogP contribution >= 0.6 is 0 Å². The number of aliphatic hydroxyl groups is 1. The molecule has 44 heavy (non-hydrogen) atoms. The molecule has 0 bridgehead atoms. The Morgan fingerprint density at radius 1 is 0.545 bits per heavy atom. The zero-order valence-corrected chi connectivity index (χ0v) is 25.8. The lowest BCUT2D eigenvalue weighted by Crippen LogP contribution is -2.58. The second kappa shape index (κ2) is 23.1. The highest BCUT2D eigenvalue weighted by Gasteiger charge is 2.30. The van der Waals surface area contributed by atoms with E-state index < -0.39 is 78.4 Å². The smallest absolute Gasteiger partial charge is 0.326 e. The minimum Gasteiger partial charge on any atom is -0.480 e. The Morgan fingerprint density at radius 2 is 0.886 bits per heavy atom. The molecular formula is C27H53N9O8. The molecule has 0 aliphatic rings. The van der Waals surface area contributed by atoms with Crippen LogP contribution in [0.5, 0.6) is 0 Å². The molecule has 0 aliphatic carbocycles. The maximum Gasteiger partial charge on any atom is 0.326 e. The Labute approximate surface area is 258 Å². The normalized spacial score (nSPS) is 15.1. The Kier molecular flexibility index (Phi) is 21.3. The SMILES string of the molecule is C[C@H](NC(=O)[C@H](C)NC(=O)[C@@H](N)CO)C(=O)N[C@@H](CCCCN)C(=O)N[C@@H](CCCCN)C(=O)N[C@@H](CCCCN)C(=O)O. The van der Waals surface area contributed by atoms with Gasteiger partial charge in [-0.1, -0.05) is 0 Å². The van der Waals surface area contributed by atoms with Crippen molar-refractivity contribution in [2.24, 2.45) is 22.9 Å². The molecule has 0 heterocycles. The Hall–Kier alpha value is -3.38. The molecule has 0 unspecified atom stereocenters. The van der Waals surface area contributed by atoms with Gasteiger partial charge in [0.25, 0.3) is 0 Å². The maximum absolute atomic E-state index is 13.4. The Bertz CT molecular complexity index is 924. The number of carbonyl (C=O) groups is 6. The predicted molar refractivity (Wildman–Crippen MR) is 162 cm³/mol. The summed E-state index contributed by atoms with van der Waals surface area (Å²) in [6.45, 7) is 3.23. The predicted octanol–water partition coefficient (Wildman–Crippen LogP) is -3.76. The number of carboxylic acid groups (broad SMARTS) is 1. The van der Waals surface area contributed by atoms with Gasteiger partial charge in [0, 0.05) is 0 Å². The highest BCUT2D eigenvalue weighted by molar-refractivity contribution is 5.96. The van der Waals surface area contributed by atoms with Gasteiger partial charge >= 0.3 is 5.97 Å². The molecule has 17 nitrogen and oxygen atoms in total. The third kappa shape index (κ3) is 16.5. The van der Waals surface area contributed by atoms with Crippen molar-refractivity contribution in [1.29, 1.82) is 0 Å². The van der Waals surface area contributed by atoms with Crippen molar-refractivity contribution in [2.45, 2.75) is 108 Å². The minimum absolute atomic E-state index is 0.166. The highest BCUT2D eigenvalue weighted by atomic mass is 16.4. The molecular weight excluding hydrogens is 578 g/mol. The van der Waals surface area contributed by atoms with E-state index in [9.17, 15) is 33.9 Å². The van der Waals surface area contributed by atoms with Crippen molar-refractivity contribution in [3.8, 4) is 0 Å². The molecule has 5 amide bonds. The molecule has 0 aromatic heterocycles. The molecule has 0 saturated carbocycles. The third-order valence-corrected chi connectivity index (χ3v) is 6.76. The summed E-state index contributed by atoms with van der Waals surface area (Å²) in [4.78, 5) is 75.5. The summed E-state index contributed by atoms with van der Waals surface area (Å²) < 4.78 is 0. The summed E-state index contributed by atoms with van der Waals surface area (Å²) in [5.41, 5.74) is 22.1. The average Bonchev–Trinajstić information content (AvgIpc) is 2.98. The van der Waals surface area contributed by atoms with Gasteiger partial charge < -0.3 is 59.7 Å². The molecule has 0 spiro atoms. The fourth-order valence-corrected chi connectivity index (χ4v) is 3.99. The van der Waals surface area contributed by atoms with E-state index in [0.29, 0.717) is 58.2 Å². The van der Waals surface area contributed by atoms with E-state index >= 15 is 0 Å². The number of nitrogens with two attached hydrogens (primary N) is 4. The van der Waals surface area contributed by atoms with Crippen LogP contribution in [0.2, 0.25) is 0 Å². The van der Waals surface area contributed by atoms with E-state index in [2.05, 4.69) is 26.6 Å². The number of amides is 5. The van der Waals surface area contributed by atoms with Crippen molar-refractivity contribution >= 4 is 35.5 Å². The quantitative estimate of drug-likeness (QED) is 0.0458. The molecule has 0 aliphatic heterocycles. The summed E-state index contributed by atoms with van der Waals surface area (Å²) in [7, 11) is 0. The number of carboxylic acids is 1. The molecule has 0 fully saturated rings. The van der Waals surface area contributed by atoms with Crippen LogP contribution in [-0.4, -0.2) is 108 Å². The average molecular weight is 632 g/mol. The van der Waals surface area contributed by atoms with Crippen LogP contribution in [0, 0.1) is 0 Å². The van der Waals surface area contributed by atoms with Gasteiger partial charge in [0.15, 0.2) is 0 Å². The molecule has 0 rings (SSSR count). The molecule has 6 atom stereocenters. The number of rotatable bonds is 24. The number of carbonyl (C=O) groups excluding carboxylic acids is 5. The number of aliphatic hydroxyl groups excluding tert-OH is 1. The summed E-state index contributed by atoms with van der Waals surface area (Å²) in [6, 6.07) is -6.77. The zero-order chi connectivity index (χ0) is 33.7. The largest absolute Gasteiger partial charge is 0.480 e. The Morgan fingerprint density at radius 3 is 1.27 bits per heavy atom. The van der Waals surface area contributed by atoms with Crippen LogP contribution in [0.1, 0.15) is 71.6 Å². The fraction of sp³-hybridized carbons (Fsp3) is 0.778. The molecule has 15 N–H and O–H groups in total. The topological polar surface area (TPSA) is 307 Å². The first-order valence-corrected chi connectivity index (χ1v) is 15.0. The van der Waals surface area contributed by atoms with E-state index in [4.69, 9.17) is 28.0 Å². The molecule has 254 valence electrons. The summed E-state index contributed by atoms with van der Waals surface area (Å²) in [6.07, 6.45) is 3.67. The van der Waals surface area contributed by atoms with E-state index in [-0.39, 0.29) is 19.3 Å². The zero-order valence-electron chi connectivity index (χ0n) is 25.8. The lowest BCUT2D eigenvalue weighted by Gasteiger charge is -2.26. The van der Waals surface area contributed by atoms with Crippen LogP contribution in [-0.2, 0) is 28.8 Å². The van der Waals surface area contributed by atoms with Gasteiger partial charge in [0.1, 0.15) is 36.3 Å². The minimum atomic E-state index is -1.22. The number of nitrogens with one attached hydrogen (secondary N) is 5. The van der Waals surface area contributed by atoms with E-state index in [0.717, 1.165) is 0 Å². The first-order valence-electron chi connectivity index (χ1n) is 15.0. The van der Waals surface area contributed by atoms with E-state index in [1.807, 2.05) is 0 Å². The van der Waals surface area contributed by atoms with E-state index in [1.165, 1.54) is 13.8 Å². The molecule has 0 radical (unpaired) electrons. The standard InChI is InChI=1S/C27H53N9O8/c1-16(33-24(40)18(31)15-37)22(38)32-17(2)23(39)34-19(9-3-6-12-28)25(41)35-20(10-4-7-13-29)26(42)36-21(27(43)44)11-5-8-14-30/h16-21,37H,3-15,28-31H2,1-2H3,(H,32,38)(H,33,40)(H,34,39)(H,35,41)(H,36,42)(H,43,44)/t16-,17-,18-,19-,20-,21-/m0/s1. The second-order valence-electron chi connectivity index (χ2n) is 10.6. The van der Waals surface area contributed by atoms with Gasteiger partial charge in [-0.15, -0.1) is 0 Å². The van der Waals surface area contributed by atoms with E-state index in [1.54, 1.807) is 0 Å². The first-order chi connectivity index (χ1) is 20.8. The van der Waals surface area contributed by atoms with Gasteiger partial charge in [-0.25, -0.2) is 4.79 Å². The molecule has 17 heteroatoms. The van der Waals surface area contributed by atoms with Crippen LogP contribution in [0.15, 0.2) is 0 Å². The summed E-state index contributed by atoms with van der Waals surface area (Å²) in [5, 5.41) is 31.0. The second-order valence-corrected chi connectivity index (χ2v) is 10.6. The van der Waals surface area contributed by atoms with Crippen LogP contribution in [0.4, 0.5) is 0 Å². The first kappa shape index (κ1) is 40.6. The molecule has 0 saturated heterocycles. The number of hydrogen-bond donors (Lipinski definition) is 11. The van der Waals surface area contributed by atoms with Crippen LogP contribution < -0.4 is 49.5 Å². The van der Waals surface area contributed by atoms with Crippen molar-refractivity contribution in [3.63, 3.8) is 0 Å². The van der Waals surface area contributed by atoms with Crippen LogP contribution in [0.25, 0.3) is 0 Å². The number of hydrogen-bond acceptors (Lipinski definition) is 11. The lowest BCUT2D eigenvalue weighted by atomic mass is 10.0.